The molecule has 4 rings (SSSR count). The summed E-state index contributed by atoms with van der Waals surface area (Å²) in [6.45, 7) is 0. The van der Waals surface area contributed by atoms with Crippen molar-refractivity contribution in [1.29, 1.82) is 0 Å². The molecule has 0 aliphatic heterocycles. The third-order valence-electron chi connectivity index (χ3n) is 4.98. The van der Waals surface area contributed by atoms with Gasteiger partial charge in [-0.2, -0.15) is 0 Å². The average molecular weight is 450 g/mol. The van der Waals surface area contributed by atoms with Crippen molar-refractivity contribution >= 4 is 29.1 Å². The summed E-state index contributed by atoms with van der Waals surface area (Å²) in [5, 5.41) is 10.9. The molecule has 3 aromatic heterocycles. The molecule has 11 heteroatoms. The zero-order valence-electron chi connectivity index (χ0n) is 17.6. The van der Waals surface area contributed by atoms with Gasteiger partial charge in [0.25, 0.3) is 5.91 Å². The van der Waals surface area contributed by atoms with Crippen LogP contribution in [0.25, 0.3) is 16.9 Å². The molecule has 3 N–H and O–H groups in total. The Morgan fingerprint density at radius 3 is 2.64 bits per heavy atom. The lowest BCUT2D eigenvalue weighted by molar-refractivity contribution is 0.0992. The van der Waals surface area contributed by atoms with Gasteiger partial charge < -0.3 is 9.64 Å². The second-order valence-corrected chi connectivity index (χ2v) is 6.97. The fourth-order valence-corrected chi connectivity index (χ4v) is 3.25. The van der Waals surface area contributed by atoms with E-state index >= 15 is 0 Å². The Hall–Kier alpha value is -4.51. The van der Waals surface area contributed by atoms with E-state index in [2.05, 4.69) is 15.3 Å². The second kappa shape index (κ2) is 8.93. The Morgan fingerprint density at radius 2 is 1.94 bits per heavy atom. The third kappa shape index (κ3) is 4.29. The number of rotatable bonds is 5. The number of nitrogens with one attached hydrogen (secondary N) is 2. The molecular weight excluding hydrogens is 431 g/mol. The van der Waals surface area contributed by atoms with E-state index in [1.54, 1.807) is 48.1 Å². The molecule has 168 valence electrons. The van der Waals surface area contributed by atoms with E-state index < -0.39 is 11.8 Å². The van der Waals surface area contributed by atoms with Gasteiger partial charge in [0, 0.05) is 36.8 Å². The van der Waals surface area contributed by atoms with Crippen molar-refractivity contribution < 1.29 is 23.9 Å². The lowest BCUT2D eigenvalue weighted by atomic mass is 10.2. The number of ether oxygens (including phenoxy) is 1. The number of carbonyl (C=O) groups excluding carboxylic acids is 2. The number of hydrogen-bond acceptors (Lipinski definition) is 6. The Bertz CT molecular complexity index is 1340. The predicted molar refractivity (Wildman–Crippen MR) is 118 cm³/mol. The summed E-state index contributed by atoms with van der Waals surface area (Å²) in [4.78, 5) is 34.2. The highest BCUT2D eigenvalue weighted by molar-refractivity contribution is 6.05. The predicted octanol–water partition coefficient (Wildman–Crippen LogP) is 3.33. The van der Waals surface area contributed by atoms with Crippen molar-refractivity contribution in [2.24, 2.45) is 0 Å². The normalized spacial score (nSPS) is 10.7. The van der Waals surface area contributed by atoms with Crippen LogP contribution >= 0.6 is 0 Å². The molecule has 0 unspecified atom stereocenters. The zero-order chi connectivity index (χ0) is 23.5. The molecule has 3 amide bonds. The molecule has 0 saturated heterocycles. The van der Waals surface area contributed by atoms with E-state index in [0.717, 1.165) is 0 Å². The highest BCUT2D eigenvalue weighted by atomic mass is 19.1. The van der Waals surface area contributed by atoms with Crippen LogP contribution in [0.2, 0.25) is 0 Å². The Kier molecular flexibility index (Phi) is 5.87. The molecule has 3 heterocycles. The summed E-state index contributed by atoms with van der Waals surface area (Å²) in [6.07, 6.45) is 4.83. The Balaban J connectivity index is 1.64. The van der Waals surface area contributed by atoms with Crippen LogP contribution < -0.4 is 20.4 Å². The lowest BCUT2D eigenvalue weighted by Crippen LogP contribution is -2.26. The first-order valence-electron chi connectivity index (χ1n) is 9.67. The second-order valence-electron chi connectivity index (χ2n) is 6.97. The zero-order valence-corrected chi connectivity index (χ0v) is 17.6. The number of imidazole rings is 1. The third-order valence-corrected chi connectivity index (χ3v) is 4.98. The molecule has 1 aromatic carbocycles. The summed E-state index contributed by atoms with van der Waals surface area (Å²) in [5.41, 5.74) is 4.31. The number of fused-ring (bicyclic) bond motifs is 1. The van der Waals surface area contributed by atoms with Crippen LogP contribution in [-0.2, 0) is 0 Å². The fraction of sp³-hybridized carbons (Fsp3) is 0.0909. The highest BCUT2D eigenvalue weighted by Gasteiger charge is 2.17. The van der Waals surface area contributed by atoms with Gasteiger partial charge in [-0.3, -0.25) is 19.7 Å². The minimum Gasteiger partial charge on any atom is -0.494 e. The molecule has 0 aliphatic rings. The van der Waals surface area contributed by atoms with Gasteiger partial charge in [0.05, 0.1) is 24.6 Å². The number of pyridine rings is 2. The standard InChI is InChI=1S/C22H19FN6O4/c1-28(15-5-6-16(23)18(9-15)33-2)21(30)14-4-8-20-25-11-17(29(20)12-14)13-3-7-19(24-10-13)26-22(31)27-32/h3-12,32H,1-2H3,(H2,24,26,27,31). The molecule has 0 bridgehead atoms. The summed E-state index contributed by atoms with van der Waals surface area (Å²) in [6, 6.07) is 10.0. The van der Waals surface area contributed by atoms with Crippen LogP contribution in [0.15, 0.2) is 61.1 Å². The van der Waals surface area contributed by atoms with Crippen LogP contribution in [0.5, 0.6) is 5.75 Å². The molecule has 33 heavy (non-hydrogen) atoms. The largest absolute Gasteiger partial charge is 0.494 e. The number of hydroxylamine groups is 1. The number of aromatic nitrogens is 3. The van der Waals surface area contributed by atoms with Gasteiger partial charge in [-0.15, -0.1) is 0 Å². The van der Waals surface area contributed by atoms with Gasteiger partial charge in [0.1, 0.15) is 11.5 Å². The molecule has 0 radical (unpaired) electrons. The van der Waals surface area contributed by atoms with Crippen molar-refractivity contribution in [3.63, 3.8) is 0 Å². The average Bonchev–Trinajstić information content (AvgIpc) is 3.27. The minimum absolute atomic E-state index is 0.0430. The van der Waals surface area contributed by atoms with Gasteiger partial charge in [0.15, 0.2) is 11.6 Å². The van der Waals surface area contributed by atoms with Gasteiger partial charge in [-0.05, 0) is 36.4 Å². The lowest BCUT2D eigenvalue weighted by Gasteiger charge is -2.18. The first kappa shape index (κ1) is 21.7. The van der Waals surface area contributed by atoms with E-state index in [1.807, 2.05) is 0 Å². The van der Waals surface area contributed by atoms with Crippen LogP contribution in [0.4, 0.5) is 20.7 Å². The first-order valence-corrected chi connectivity index (χ1v) is 9.67. The monoisotopic (exact) mass is 450 g/mol. The topological polar surface area (TPSA) is 121 Å². The number of urea groups is 1. The summed E-state index contributed by atoms with van der Waals surface area (Å²) in [5.74, 6) is -0.538. The number of methoxy groups -OCH3 is 1. The molecule has 0 saturated carbocycles. The van der Waals surface area contributed by atoms with Gasteiger partial charge in [-0.25, -0.2) is 24.6 Å². The van der Waals surface area contributed by atoms with Crippen LogP contribution in [-0.4, -0.2) is 45.7 Å². The van der Waals surface area contributed by atoms with Crippen molar-refractivity contribution in [3.8, 4) is 17.0 Å². The Labute approximate surface area is 187 Å². The number of carbonyl (C=O) groups is 2. The molecule has 4 aromatic rings. The minimum atomic E-state index is -0.809. The quantitative estimate of drug-likeness (QED) is 0.317. The number of benzene rings is 1. The molecule has 0 aliphatic carbocycles. The SMILES string of the molecule is COc1cc(N(C)C(=O)c2ccc3ncc(-c4ccc(NC(=O)NO)nc4)n3c2)ccc1F. The number of anilines is 2. The molecule has 0 spiro atoms. The van der Waals surface area contributed by atoms with E-state index in [1.165, 1.54) is 41.9 Å². The van der Waals surface area contributed by atoms with E-state index in [9.17, 15) is 14.0 Å². The summed E-state index contributed by atoms with van der Waals surface area (Å²) < 4.78 is 20.5. The highest BCUT2D eigenvalue weighted by Crippen LogP contribution is 2.26. The number of halogens is 1. The number of hydrogen-bond donors (Lipinski definition) is 3. The smallest absolute Gasteiger partial charge is 0.344 e. The maximum absolute atomic E-state index is 13.7. The van der Waals surface area contributed by atoms with Crippen molar-refractivity contribution in [1.82, 2.24) is 19.8 Å². The van der Waals surface area contributed by atoms with Gasteiger partial charge >= 0.3 is 6.03 Å². The summed E-state index contributed by atoms with van der Waals surface area (Å²) in [7, 11) is 2.95. The molecule has 0 fully saturated rings. The van der Waals surface area contributed by atoms with Crippen molar-refractivity contribution in [2.45, 2.75) is 0 Å². The Morgan fingerprint density at radius 1 is 1.12 bits per heavy atom. The van der Waals surface area contributed by atoms with Crippen LogP contribution in [0.1, 0.15) is 10.4 Å². The van der Waals surface area contributed by atoms with Crippen molar-refractivity contribution in [2.75, 3.05) is 24.4 Å². The number of amides is 3. The van der Waals surface area contributed by atoms with E-state index in [4.69, 9.17) is 9.94 Å². The number of nitrogens with zero attached hydrogens (tertiary/aromatic N) is 4. The maximum atomic E-state index is 13.7. The molecular formula is C22H19FN6O4. The van der Waals surface area contributed by atoms with Gasteiger partial charge in [-0.1, -0.05) is 0 Å². The van der Waals surface area contributed by atoms with E-state index in [0.29, 0.717) is 28.2 Å². The van der Waals surface area contributed by atoms with Gasteiger partial charge in [0.2, 0.25) is 0 Å². The first-order chi connectivity index (χ1) is 15.9. The van der Waals surface area contributed by atoms with Crippen molar-refractivity contribution in [3.05, 3.63) is 72.4 Å². The fourth-order valence-electron chi connectivity index (χ4n) is 3.25. The van der Waals surface area contributed by atoms with E-state index in [-0.39, 0.29) is 17.5 Å². The molecule has 10 nitrogen and oxygen atoms in total. The summed E-state index contributed by atoms with van der Waals surface area (Å²) >= 11 is 0. The maximum Gasteiger partial charge on any atom is 0.344 e. The molecule has 0 atom stereocenters. The van der Waals surface area contributed by atoms with Crippen LogP contribution in [0.3, 0.4) is 0 Å². The van der Waals surface area contributed by atoms with Crippen LogP contribution in [0, 0.1) is 5.82 Å².